The zero-order valence-corrected chi connectivity index (χ0v) is 25.4. The van der Waals surface area contributed by atoms with Crippen molar-refractivity contribution in [3.63, 3.8) is 0 Å². The van der Waals surface area contributed by atoms with E-state index in [4.69, 9.17) is 9.84 Å². The van der Waals surface area contributed by atoms with E-state index in [0.29, 0.717) is 40.3 Å². The third-order valence-corrected chi connectivity index (χ3v) is 8.97. The van der Waals surface area contributed by atoms with Crippen LogP contribution < -0.4 is 4.90 Å². The minimum atomic E-state index is -0.672. The first-order chi connectivity index (χ1) is 20.1. The predicted octanol–water partition coefficient (Wildman–Crippen LogP) is 3.50. The molecule has 0 radical (unpaired) electrons. The Kier molecular flexibility index (Phi) is 7.25. The number of amides is 1. The minimum Gasteiger partial charge on any atom is -0.456 e. The third kappa shape index (κ3) is 5.04. The first-order valence-corrected chi connectivity index (χ1v) is 15.4. The molecule has 5 heterocycles. The second-order valence-corrected chi connectivity index (χ2v) is 13.1. The van der Waals surface area contributed by atoms with Crippen LogP contribution in [0.25, 0.3) is 5.69 Å². The van der Waals surface area contributed by atoms with Crippen LogP contribution in [-0.4, -0.2) is 92.7 Å². The molecule has 0 N–H and O–H groups in total. The number of anilines is 1. The Morgan fingerprint density at radius 2 is 1.83 bits per heavy atom. The summed E-state index contributed by atoms with van der Waals surface area (Å²) in [7, 11) is 0. The van der Waals surface area contributed by atoms with E-state index in [1.54, 1.807) is 23.9 Å². The summed E-state index contributed by atoms with van der Waals surface area (Å²) in [6.45, 7) is 11.6. The number of fused-ring (bicyclic) bond motifs is 1. The lowest BCUT2D eigenvalue weighted by atomic mass is 10.1. The number of allylic oxidation sites excluding steroid dienone is 2. The smallest absolute Gasteiger partial charge is 0.345 e. The second kappa shape index (κ2) is 10.8. The highest BCUT2D eigenvalue weighted by Crippen LogP contribution is 2.44. The van der Waals surface area contributed by atoms with Crippen LogP contribution in [0.1, 0.15) is 32.0 Å². The minimum absolute atomic E-state index is 0.0671. The van der Waals surface area contributed by atoms with Crippen LogP contribution in [0.5, 0.6) is 0 Å². The first-order valence-electron chi connectivity index (χ1n) is 14.3. The molecule has 6 rings (SSSR count). The van der Waals surface area contributed by atoms with Crippen LogP contribution >= 0.6 is 11.8 Å². The molecule has 2 aromatic rings. The van der Waals surface area contributed by atoms with Gasteiger partial charge in [0.1, 0.15) is 29.7 Å². The highest BCUT2D eigenvalue weighted by molar-refractivity contribution is 7.99. The molecule has 0 aliphatic carbocycles. The van der Waals surface area contributed by atoms with E-state index in [-0.39, 0.29) is 5.91 Å². The Bertz CT molecular complexity index is 1550. The van der Waals surface area contributed by atoms with Crippen molar-refractivity contribution in [1.82, 2.24) is 19.7 Å². The van der Waals surface area contributed by atoms with Gasteiger partial charge in [-0.05, 0) is 58.0 Å². The molecule has 0 saturated carbocycles. The summed E-state index contributed by atoms with van der Waals surface area (Å²) < 4.78 is 8.11. The van der Waals surface area contributed by atoms with E-state index < -0.39 is 11.6 Å². The van der Waals surface area contributed by atoms with Crippen molar-refractivity contribution in [2.75, 3.05) is 55.8 Å². The van der Waals surface area contributed by atoms with Gasteiger partial charge >= 0.3 is 5.97 Å². The number of aryl methyl sites for hydroxylation is 1. The molecule has 1 aromatic carbocycles. The lowest BCUT2D eigenvalue weighted by Gasteiger charge is -2.44. The van der Waals surface area contributed by atoms with E-state index in [0.717, 1.165) is 54.8 Å². The molecule has 1 atom stereocenters. The van der Waals surface area contributed by atoms with Crippen molar-refractivity contribution in [3.8, 4) is 11.8 Å². The lowest BCUT2D eigenvalue weighted by molar-refractivity contribution is -0.948. The largest absolute Gasteiger partial charge is 0.456 e. The fourth-order valence-electron chi connectivity index (χ4n) is 6.08. The number of nitrogens with zero attached hydrogens (tertiary/aromatic N) is 7. The highest BCUT2D eigenvalue weighted by atomic mass is 32.2. The molecule has 0 spiro atoms. The fourth-order valence-corrected chi connectivity index (χ4v) is 7.02. The van der Waals surface area contributed by atoms with Gasteiger partial charge in [0.05, 0.1) is 47.6 Å². The van der Waals surface area contributed by atoms with E-state index >= 15 is 0 Å². The van der Waals surface area contributed by atoms with Crippen molar-refractivity contribution >= 4 is 29.5 Å². The van der Waals surface area contributed by atoms with Gasteiger partial charge < -0.3 is 14.5 Å². The maximum atomic E-state index is 13.8. The van der Waals surface area contributed by atoms with E-state index in [9.17, 15) is 14.9 Å². The summed E-state index contributed by atoms with van der Waals surface area (Å²) in [5.41, 5.74) is 3.53. The monoisotopic (exact) mass is 586 g/mol. The highest BCUT2D eigenvalue weighted by Gasteiger charge is 2.54. The van der Waals surface area contributed by atoms with Gasteiger partial charge in [0.2, 0.25) is 0 Å². The van der Waals surface area contributed by atoms with Gasteiger partial charge in [-0.1, -0.05) is 0 Å². The Morgan fingerprint density at radius 3 is 2.48 bits per heavy atom. The molecule has 1 amide bonds. The average molecular weight is 587 g/mol. The zero-order chi connectivity index (χ0) is 29.6. The van der Waals surface area contributed by atoms with Crippen molar-refractivity contribution in [3.05, 3.63) is 76.8 Å². The fraction of sp³-hybridized carbons (Fsp3) is 0.419. The molecule has 2 fully saturated rings. The summed E-state index contributed by atoms with van der Waals surface area (Å²) in [6.07, 6.45) is 6.05. The number of thioether (sulfide) groups is 1. The van der Waals surface area contributed by atoms with Gasteiger partial charge in [-0.3, -0.25) is 4.79 Å². The molecule has 2 saturated heterocycles. The van der Waals surface area contributed by atoms with Gasteiger partial charge in [-0.25, -0.2) is 9.48 Å². The zero-order valence-electron chi connectivity index (χ0n) is 24.5. The number of nitriles is 1. The van der Waals surface area contributed by atoms with Crippen molar-refractivity contribution in [2.45, 2.75) is 33.3 Å². The molecular formula is C31H36N7O3S+. The number of hydrogen-bond acceptors (Lipinski definition) is 8. The first kappa shape index (κ1) is 28.3. The van der Waals surface area contributed by atoms with Crippen LogP contribution in [0.3, 0.4) is 0 Å². The van der Waals surface area contributed by atoms with Crippen molar-refractivity contribution in [1.29, 1.82) is 5.26 Å². The summed E-state index contributed by atoms with van der Waals surface area (Å²) in [4.78, 5) is 31.6. The maximum absolute atomic E-state index is 13.8. The standard InChI is InChI=1S/C31H36N7O3S/c1-22-18-27(37(33-22)24-9-7-23(19-32)8-10-24)34-11-13-36(14-12-34)38-16-5-6-26(38)28(30(40)41-31(2,3)4)25(20-38)29(39)35-15-17-42-21-35/h5-10,16,18H,11-15,17,20-21H2,1-4H3/q+1/t38-/m1/s1. The number of aromatic nitrogens is 2. The molecule has 11 heteroatoms. The summed E-state index contributed by atoms with van der Waals surface area (Å²) in [5, 5.41) is 16.3. The van der Waals surface area contributed by atoms with E-state index in [1.807, 2.05) is 61.6 Å². The van der Waals surface area contributed by atoms with Gasteiger partial charge in [-0.2, -0.15) is 15.0 Å². The average Bonchev–Trinajstić information content (AvgIpc) is 3.75. The Balaban J connectivity index is 1.25. The molecule has 0 unspecified atom stereocenters. The SMILES string of the molecule is Cc1cc(N2CCN([N@@+]34C=CC=C3C(C(=O)OC(C)(C)C)=C(C(=O)N3CCSC3)C4)CC2)n(-c2ccc(C#N)cc2)n1. The molecular weight excluding hydrogens is 550 g/mol. The topological polar surface area (TPSA) is 94.7 Å². The van der Waals surface area contributed by atoms with E-state index in [1.165, 1.54) is 0 Å². The second-order valence-electron chi connectivity index (χ2n) is 12.0. The lowest BCUT2D eigenvalue weighted by Crippen LogP contribution is -2.61. The van der Waals surface area contributed by atoms with Gasteiger partial charge in [0, 0.05) is 37.5 Å². The number of rotatable bonds is 5. The Hall–Kier alpha value is -3.85. The number of esters is 1. The Morgan fingerprint density at radius 1 is 1.10 bits per heavy atom. The molecule has 0 bridgehead atoms. The number of quaternary nitrogens is 1. The molecule has 4 aliphatic heterocycles. The molecule has 10 nitrogen and oxygen atoms in total. The van der Waals surface area contributed by atoms with Crippen LogP contribution in [0.2, 0.25) is 0 Å². The van der Waals surface area contributed by atoms with Crippen LogP contribution in [-0.2, 0) is 14.3 Å². The predicted molar refractivity (Wildman–Crippen MR) is 161 cm³/mol. The molecule has 218 valence electrons. The number of carbonyl (C=O) groups excluding carboxylic acids is 2. The number of hydrogen-bond donors (Lipinski definition) is 0. The van der Waals surface area contributed by atoms with Gasteiger partial charge in [0.15, 0.2) is 5.70 Å². The Labute approximate surface area is 250 Å². The summed E-state index contributed by atoms with van der Waals surface area (Å²) in [5.74, 6) is 2.05. The van der Waals surface area contributed by atoms with E-state index in [2.05, 4.69) is 28.2 Å². The van der Waals surface area contributed by atoms with Crippen molar-refractivity contribution < 1.29 is 18.9 Å². The van der Waals surface area contributed by atoms with Crippen LogP contribution in [0.4, 0.5) is 5.82 Å². The molecule has 4 aliphatic rings. The number of piperazine rings is 1. The van der Waals surface area contributed by atoms with Gasteiger partial charge in [-0.15, -0.1) is 16.8 Å². The van der Waals surface area contributed by atoms with Crippen LogP contribution in [0, 0.1) is 18.3 Å². The molecule has 42 heavy (non-hydrogen) atoms. The summed E-state index contributed by atoms with van der Waals surface area (Å²) in [6, 6.07) is 11.7. The van der Waals surface area contributed by atoms with Crippen LogP contribution in [0.15, 0.2) is 65.5 Å². The van der Waals surface area contributed by atoms with Gasteiger partial charge in [0.25, 0.3) is 5.91 Å². The summed E-state index contributed by atoms with van der Waals surface area (Å²) >= 11 is 1.73. The normalized spacial score (nSPS) is 22.4. The number of carbonyl (C=O) groups is 2. The number of ether oxygens (including phenoxy) is 1. The third-order valence-electron chi connectivity index (χ3n) is 8.00. The quantitative estimate of drug-likeness (QED) is 0.388. The number of benzene rings is 1. The molecule has 1 aromatic heterocycles. The van der Waals surface area contributed by atoms with Crippen molar-refractivity contribution in [2.24, 2.45) is 0 Å². The maximum Gasteiger partial charge on any atom is 0.345 e.